The van der Waals surface area contributed by atoms with Gasteiger partial charge in [0.1, 0.15) is 6.61 Å². The van der Waals surface area contributed by atoms with Gasteiger partial charge in [0.15, 0.2) is 0 Å². The van der Waals surface area contributed by atoms with Gasteiger partial charge in [0.2, 0.25) is 0 Å². The molecule has 7 heteroatoms. The summed E-state index contributed by atoms with van der Waals surface area (Å²) in [6, 6.07) is 7.70. The van der Waals surface area contributed by atoms with Crippen LogP contribution in [0.2, 0.25) is 0 Å². The second kappa shape index (κ2) is 6.69. The molecule has 0 atom stereocenters. The first-order valence-corrected chi connectivity index (χ1v) is 7.46. The fraction of sp³-hybridized carbons (Fsp3) is 0.308. The van der Waals surface area contributed by atoms with Crippen LogP contribution < -0.4 is 0 Å². The molecule has 0 aliphatic heterocycles. The van der Waals surface area contributed by atoms with E-state index in [0.717, 1.165) is 20.7 Å². The fourth-order valence-corrected chi connectivity index (χ4v) is 2.74. The first kappa shape index (κ1) is 15.5. The maximum atomic E-state index is 11.9. The van der Waals surface area contributed by atoms with Gasteiger partial charge in [0.25, 0.3) is 0 Å². The molecule has 20 heavy (non-hydrogen) atoms. The lowest BCUT2D eigenvalue weighted by Gasteiger charge is -2.06. The lowest BCUT2D eigenvalue weighted by atomic mass is 10.2. The summed E-state index contributed by atoms with van der Waals surface area (Å²) in [5.41, 5.74) is 1.79. The zero-order valence-electron chi connectivity index (χ0n) is 10.3. The quantitative estimate of drug-likeness (QED) is 0.716. The van der Waals surface area contributed by atoms with Gasteiger partial charge >= 0.3 is 6.18 Å². The molecule has 0 bridgehead atoms. The molecule has 0 N–H and O–H groups in total. The third-order valence-electron chi connectivity index (χ3n) is 2.40. The SMILES string of the molecule is FC(F)(F)COCCc1nc(-c2cccc(Br)c2)cs1. The maximum Gasteiger partial charge on any atom is 0.411 e. The summed E-state index contributed by atoms with van der Waals surface area (Å²) >= 11 is 4.81. The summed E-state index contributed by atoms with van der Waals surface area (Å²) < 4.78 is 41.2. The fourth-order valence-electron chi connectivity index (χ4n) is 1.55. The van der Waals surface area contributed by atoms with Crippen molar-refractivity contribution in [3.8, 4) is 11.3 Å². The lowest BCUT2D eigenvalue weighted by molar-refractivity contribution is -0.173. The molecule has 0 fully saturated rings. The van der Waals surface area contributed by atoms with Crippen LogP contribution in [0.15, 0.2) is 34.1 Å². The molecule has 2 rings (SSSR count). The summed E-state index contributed by atoms with van der Waals surface area (Å²) in [5, 5.41) is 2.66. The van der Waals surface area contributed by atoms with Gasteiger partial charge in [-0.1, -0.05) is 28.1 Å². The second-order valence-corrected chi connectivity index (χ2v) is 5.91. The number of ether oxygens (including phenoxy) is 1. The van der Waals surface area contributed by atoms with E-state index in [0.29, 0.717) is 6.42 Å². The molecule has 2 nitrogen and oxygen atoms in total. The van der Waals surface area contributed by atoms with E-state index in [-0.39, 0.29) is 6.61 Å². The average Bonchev–Trinajstić information content (AvgIpc) is 2.82. The van der Waals surface area contributed by atoms with Crippen LogP contribution in [0.5, 0.6) is 0 Å². The van der Waals surface area contributed by atoms with E-state index in [4.69, 9.17) is 0 Å². The highest BCUT2D eigenvalue weighted by Gasteiger charge is 2.27. The van der Waals surface area contributed by atoms with Crippen LogP contribution in [0.25, 0.3) is 11.3 Å². The Bertz CT molecular complexity index is 571. The molecule has 0 aliphatic rings. The minimum Gasteiger partial charge on any atom is -0.372 e. The molecule has 0 radical (unpaired) electrons. The van der Waals surface area contributed by atoms with Crippen LogP contribution in [-0.2, 0) is 11.2 Å². The Morgan fingerprint density at radius 2 is 2.10 bits per heavy atom. The average molecular weight is 366 g/mol. The predicted molar refractivity (Wildman–Crippen MR) is 75.8 cm³/mol. The van der Waals surface area contributed by atoms with Crippen LogP contribution in [-0.4, -0.2) is 24.4 Å². The second-order valence-electron chi connectivity index (χ2n) is 4.05. The largest absolute Gasteiger partial charge is 0.411 e. The highest BCUT2D eigenvalue weighted by Crippen LogP contribution is 2.25. The Morgan fingerprint density at radius 1 is 1.30 bits per heavy atom. The summed E-state index contributed by atoms with van der Waals surface area (Å²) in [6.07, 6.45) is -3.89. The third-order valence-corrected chi connectivity index (χ3v) is 3.80. The molecule has 1 aromatic heterocycles. The van der Waals surface area contributed by atoms with Gasteiger partial charge in [-0.25, -0.2) is 4.98 Å². The van der Waals surface area contributed by atoms with Gasteiger partial charge in [-0.05, 0) is 12.1 Å². The molecule has 0 unspecified atom stereocenters. The molecule has 2 aromatic rings. The number of benzene rings is 1. The highest BCUT2D eigenvalue weighted by atomic mass is 79.9. The van der Waals surface area contributed by atoms with Crippen LogP contribution in [0, 0.1) is 0 Å². The molecule has 0 amide bonds. The number of alkyl halides is 3. The minimum absolute atomic E-state index is 0.0188. The van der Waals surface area contributed by atoms with Crippen LogP contribution in [0.3, 0.4) is 0 Å². The lowest BCUT2D eigenvalue weighted by Crippen LogP contribution is -2.17. The summed E-state index contributed by atoms with van der Waals surface area (Å²) in [7, 11) is 0. The predicted octanol–water partition coefficient (Wildman–Crippen LogP) is 4.69. The molecule has 0 saturated carbocycles. The van der Waals surface area contributed by atoms with Crippen molar-refractivity contribution < 1.29 is 17.9 Å². The monoisotopic (exact) mass is 365 g/mol. The van der Waals surface area contributed by atoms with Crippen molar-refractivity contribution in [3.05, 3.63) is 39.1 Å². The van der Waals surface area contributed by atoms with Gasteiger partial charge in [0.05, 0.1) is 17.3 Å². The molecule has 1 heterocycles. The topological polar surface area (TPSA) is 22.1 Å². The van der Waals surface area contributed by atoms with Crippen molar-refractivity contribution >= 4 is 27.3 Å². The summed E-state index contributed by atoms with van der Waals surface area (Å²) in [4.78, 5) is 4.39. The van der Waals surface area contributed by atoms with Gasteiger partial charge < -0.3 is 4.74 Å². The van der Waals surface area contributed by atoms with E-state index >= 15 is 0 Å². The van der Waals surface area contributed by atoms with E-state index in [9.17, 15) is 13.2 Å². The number of aromatic nitrogens is 1. The molecule has 0 spiro atoms. The zero-order valence-corrected chi connectivity index (χ0v) is 12.7. The molecule has 1 aromatic carbocycles. The van der Waals surface area contributed by atoms with Crippen LogP contribution in [0.1, 0.15) is 5.01 Å². The van der Waals surface area contributed by atoms with Crippen molar-refractivity contribution in [1.82, 2.24) is 4.98 Å². The van der Waals surface area contributed by atoms with E-state index in [2.05, 4.69) is 25.7 Å². The van der Waals surface area contributed by atoms with Gasteiger partial charge in [-0.15, -0.1) is 11.3 Å². The number of thiazole rings is 1. The van der Waals surface area contributed by atoms with Gasteiger partial charge in [0, 0.05) is 21.8 Å². The Hall–Kier alpha value is -0.920. The number of nitrogens with zero attached hydrogens (tertiary/aromatic N) is 1. The Labute approximate surface area is 126 Å². The van der Waals surface area contributed by atoms with Crippen LogP contribution in [0.4, 0.5) is 13.2 Å². The summed E-state index contributed by atoms with van der Waals surface area (Å²) in [5.74, 6) is 0. The van der Waals surface area contributed by atoms with Gasteiger partial charge in [-0.2, -0.15) is 13.2 Å². The molecular weight excluding hydrogens is 355 g/mol. The Kier molecular flexibility index (Phi) is 5.17. The number of halogens is 4. The first-order valence-electron chi connectivity index (χ1n) is 5.79. The number of hydrogen-bond donors (Lipinski definition) is 0. The van der Waals surface area contributed by atoms with E-state index in [1.54, 1.807) is 0 Å². The third kappa shape index (κ3) is 4.88. The number of rotatable bonds is 5. The minimum atomic E-state index is -4.27. The number of hydrogen-bond acceptors (Lipinski definition) is 3. The molecule has 0 saturated heterocycles. The first-order chi connectivity index (χ1) is 9.44. The Balaban J connectivity index is 1.90. The van der Waals surface area contributed by atoms with Crippen molar-refractivity contribution in [2.45, 2.75) is 12.6 Å². The van der Waals surface area contributed by atoms with Crippen LogP contribution >= 0.6 is 27.3 Å². The van der Waals surface area contributed by atoms with E-state index in [1.165, 1.54) is 11.3 Å². The zero-order chi connectivity index (χ0) is 14.6. The maximum absolute atomic E-state index is 11.9. The van der Waals surface area contributed by atoms with E-state index in [1.807, 2.05) is 29.6 Å². The molecule has 108 valence electrons. The standard InChI is InChI=1S/C13H11BrF3NOS/c14-10-3-1-2-9(6-10)11-7-20-12(18-11)4-5-19-8-13(15,16)17/h1-3,6-7H,4-5,8H2. The molecule has 0 aliphatic carbocycles. The highest BCUT2D eigenvalue weighted by molar-refractivity contribution is 9.10. The van der Waals surface area contributed by atoms with Crippen molar-refractivity contribution in [2.75, 3.05) is 13.2 Å². The smallest absolute Gasteiger partial charge is 0.372 e. The van der Waals surface area contributed by atoms with E-state index < -0.39 is 12.8 Å². The summed E-state index contributed by atoms with van der Waals surface area (Å²) in [6.45, 7) is -1.19. The van der Waals surface area contributed by atoms with Crippen molar-refractivity contribution in [3.63, 3.8) is 0 Å². The van der Waals surface area contributed by atoms with Gasteiger partial charge in [-0.3, -0.25) is 0 Å². The van der Waals surface area contributed by atoms with Crippen molar-refractivity contribution in [2.24, 2.45) is 0 Å². The Morgan fingerprint density at radius 3 is 2.80 bits per heavy atom. The molecular formula is C13H11BrF3NOS. The normalized spacial score (nSPS) is 11.8. The van der Waals surface area contributed by atoms with Crippen molar-refractivity contribution in [1.29, 1.82) is 0 Å².